The highest BCUT2D eigenvalue weighted by Gasteiger charge is 2.34. The van der Waals surface area contributed by atoms with Crippen LogP contribution in [0.15, 0.2) is 96.2 Å². The third kappa shape index (κ3) is 7.88. The smallest absolute Gasteiger partial charge is 0.345 e. The summed E-state index contributed by atoms with van der Waals surface area (Å²) >= 11 is 0. The third-order valence-electron chi connectivity index (χ3n) is 7.78. The SMILES string of the molecule is CCS(=O)(=O)c1ccc(C(CC#N)NC(=O)c2ccc(N3CC(Oc4ccc(-n5cccn5)cc4)C[C@H]3COC(F)F)cc2)cc1. The van der Waals surface area contributed by atoms with Crippen molar-refractivity contribution in [3.63, 3.8) is 0 Å². The van der Waals surface area contributed by atoms with Crippen LogP contribution in [-0.4, -0.2) is 61.8 Å². The molecule has 46 heavy (non-hydrogen) atoms. The van der Waals surface area contributed by atoms with Gasteiger partial charge in [-0.05, 0) is 72.3 Å². The molecule has 4 aromatic rings. The summed E-state index contributed by atoms with van der Waals surface area (Å²) in [6.07, 6.45) is 3.66. The zero-order valence-electron chi connectivity index (χ0n) is 25.0. The van der Waals surface area contributed by atoms with Gasteiger partial charge in [0, 0.05) is 30.1 Å². The van der Waals surface area contributed by atoms with E-state index in [0.717, 1.165) is 5.69 Å². The number of hydrogen-bond acceptors (Lipinski definition) is 8. The minimum Gasteiger partial charge on any atom is -0.489 e. The molecule has 0 radical (unpaired) electrons. The zero-order chi connectivity index (χ0) is 32.7. The van der Waals surface area contributed by atoms with E-state index in [1.165, 1.54) is 12.1 Å². The number of carbonyl (C=O) groups excluding carboxylic acids is 1. The van der Waals surface area contributed by atoms with Gasteiger partial charge in [0.15, 0.2) is 9.84 Å². The maximum absolute atomic E-state index is 13.1. The first-order valence-electron chi connectivity index (χ1n) is 14.7. The van der Waals surface area contributed by atoms with E-state index in [2.05, 4.69) is 21.2 Å². The summed E-state index contributed by atoms with van der Waals surface area (Å²) in [5, 5.41) is 16.4. The van der Waals surface area contributed by atoms with E-state index in [9.17, 15) is 27.3 Å². The van der Waals surface area contributed by atoms with Gasteiger partial charge in [0.25, 0.3) is 5.91 Å². The van der Waals surface area contributed by atoms with Crippen LogP contribution in [0.4, 0.5) is 14.5 Å². The number of halogens is 2. The summed E-state index contributed by atoms with van der Waals surface area (Å²) in [4.78, 5) is 15.2. The molecule has 0 bridgehead atoms. The Labute approximate surface area is 266 Å². The highest BCUT2D eigenvalue weighted by Crippen LogP contribution is 2.30. The number of nitrogens with zero attached hydrogens (tertiary/aromatic N) is 4. The molecule has 1 amide bonds. The Morgan fingerprint density at radius 1 is 1.07 bits per heavy atom. The number of sulfone groups is 1. The molecule has 1 aromatic heterocycles. The van der Waals surface area contributed by atoms with Crippen LogP contribution in [0.5, 0.6) is 5.75 Å². The Bertz CT molecular complexity index is 1740. The number of ether oxygens (including phenoxy) is 2. The van der Waals surface area contributed by atoms with Crippen molar-refractivity contribution in [2.45, 2.75) is 49.5 Å². The quantitative estimate of drug-likeness (QED) is 0.206. The average molecular weight is 650 g/mol. The molecule has 5 rings (SSSR count). The van der Waals surface area contributed by atoms with Crippen LogP contribution in [0.1, 0.15) is 41.7 Å². The average Bonchev–Trinajstić information content (AvgIpc) is 3.75. The van der Waals surface area contributed by atoms with Gasteiger partial charge in [-0.2, -0.15) is 19.1 Å². The lowest BCUT2D eigenvalue weighted by atomic mass is 10.0. The van der Waals surface area contributed by atoms with E-state index in [4.69, 9.17) is 4.74 Å². The molecule has 1 aliphatic heterocycles. The fourth-order valence-electron chi connectivity index (χ4n) is 5.37. The summed E-state index contributed by atoms with van der Waals surface area (Å²) in [5.41, 5.74) is 2.52. The number of carbonyl (C=O) groups is 1. The lowest BCUT2D eigenvalue weighted by Crippen LogP contribution is -2.34. The van der Waals surface area contributed by atoms with Gasteiger partial charge in [-0.3, -0.25) is 4.79 Å². The number of anilines is 1. The van der Waals surface area contributed by atoms with Crippen molar-refractivity contribution in [3.8, 4) is 17.5 Å². The van der Waals surface area contributed by atoms with Crippen LogP contribution in [-0.2, 0) is 14.6 Å². The first-order valence-corrected chi connectivity index (χ1v) is 16.4. The maximum atomic E-state index is 13.1. The third-order valence-corrected chi connectivity index (χ3v) is 9.53. The fraction of sp³-hybridized carbons (Fsp3) is 0.303. The predicted octanol–water partition coefficient (Wildman–Crippen LogP) is 5.32. The first kappa shape index (κ1) is 32.6. The van der Waals surface area contributed by atoms with Crippen molar-refractivity contribution in [1.82, 2.24) is 15.1 Å². The van der Waals surface area contributed by atoms with Gasteiger partial charge in [-0.25, -0.2) is 13.1 Å². The minimum absolute atomic E-state index is 0.0172. The van der Waals surface area contributed by atoms with Crippen molar-refractivity contribution in [3.05, 3.63) is 102 Å². The molecule has 240 valence electrons. The molecule has 1 N–H and O–H groups in total. The summed E-state index contributed by atoms with van der Waals surface area (Å²) in [6, 6.07) is 23.1. The zero-order valence-corrected chi connectivity index (χ0v) is 25.8. The van der Waals surface area contributed by atoms with Crippen molar-refractivity contribution >= 4 is 21.4 Å². The Kier molecular flexibility index (Phi) is 10.3. The maximum Gasteiger partial charge on any atom is 0.345 e. The minimum atomic E-state index is -3.38. The fourth-order valence-corrected chi connectivity index (χ4v) is 6.26. The van der Waals surface area contributed by atoms with Crippen LogP contribution in [0, 0.1) is 11.3 Å². The number of amides is 1. The van der Waals surface area contributed by atoms with Crippen LogP contribution in [0.25, 0.3) is 5.69 Å². The van der Waals surface area contributed by atoms with Gasteiger partial charge in [-0.15, -0.1) is 0 Å². The van der Waals surface area contributed by atoms with Crippen LogP contribution < -0.4 is 15.0 Å². The van der Waals surface area contributed by atoms with Gasteiger partial charge >= 0.3 is 6.61 Å². The van der Waals surface area contributed by atoms with Crippen molar-refractivity contribution in [1.29, 1.82) is 5.26 Å². The molecule has 3 atom stereocenters. The van der Waals surface area contributed by atoms with E-state index >= 15 is 0 Å². The normalized spacial score (nSPS) is 17.1. The van der Waals surface area contributed by atoms with Gasteiger partial charge < -0.3 is 19.7 Å². The molecular weight excluding hydrogens is 616 g/mol. The number of nitrogens with one attached hydrogen (secondary N) is 1. The summed E-state index contributed by atoms with van der Waals surface area (Å²) in [7, 11) is -3.38. The molecule has 0 aliphatic carbocycles. The Morgan fingerprint density at radius 3 is 2.37 bits per heavy atom. The predicted molar refractivity (Wildman–Crippen MR) is 167 cm³/mol. The molecule has 1 fully saturated rings. The number of benzene rings is 3. The van der Waals surface area contributed by atoms with Crippen LogP contribution in [0.2, 0.25) is 0 Å². The Balaban J connectivity index is 1.26. The second kappa shape index (κ2) is 14.5. The standard InChI is InChI=1S/C33H33F2N5O5S/c1-2-46(42,43)30-14-6-23(7-15-30)31(16-17-36)38-32(41)24-4-8-25(9-5-24)39-21-29(20-27(39)22-44-33(34)35)45-28-12-10-26(11-13-28)40-19-3-18-37-40/h3-15,18-19,27,29,31,33H,2,16,20-22H2,1H3,(H,38,41)/t27-,29?,31?/m0/s1. The molecule has 2 unspecified atom stereocenters. The second-order valence-electron chi connectivity index (χ2n) is 10.7. The summed E-state index contributed by atoms with van der Waals surface area (Å²) in [5.74, 6) is 0.181. The highest BCUT2D eigenvalue weighted by molar-refractivity contribution is 7.91. The van der Waals surface area contributed by atoms with Crippen LogP contribution in [0.3, 0.4) is 0 Å². The molecule has 3 aromatic carbocycles. The number of rotatable bonds is 13. The molecule has 1 saturated heterocycles. The lowest BCUT2D eigenvalue weighted by molar-refractivity contribution is -0.131. The molecule has 10 nitrogen and oxygen atoms in total. The topological polar surface area (TPSA) is 127 Å². The van der Waals surface area contributed by atoms with Crippen molar-refractivity contribution in [2.75, 3.05) is 23.8 Å². The van der Waals surface area contributed by atoms with E-state index in [0.29, 0.717) is 35.5 Å². The molecular formula is C33H33F2N5O5S. The highest BCUT2D eigenvalue weighted by atomic mass is 32.2. The van der Waals surface area contributed by atoms with E-state index in [1.54, 1.807) is 54.2 Å². The first-order chi connectivity index (χ1) is 22.2. The Morgan fingerprint density at radius 2 is 1.76 bits per heavy atom. The molecule has 13 heteroatoms. The van der Waals surface area contributed by atoms with E-state index < -0.39 is 28.4 Å². The van der Waals surface area contributed by atoms with E-state index in [1.807, 2.05) is 41.4 Å². The molecule has 2 heterocycles. The lowest BCUT2D eigenvalue weighted by Gasteiger charge is -2.26. The van der Waals surface area contributed by atoms with Gasteiger partial charge in [-0.1, -0.05) is 19.1 Å². The monoisotopic (exact) mass is 649 g/mol. The summed E-state index contributed by atoms with van der Waals surface area (Å²) in [6.45, 7) is -1.13. The van der Waals surface area contributed by atoms with Crippen molar-refractivity contribution in [2.24, 2.45) is 0 Å². The number of alkyl halides is 2. The van der Waals surface area contributed by atoms with E-state index in [-0.39, 0.29) is 35.8 Å². The van der Waals surface area contributed by atoms with Crippen LogP contribution >= 0.6 is 0 Å². The number of hydrogen-bond donors (Lipinski definition) is 1. The number of aromatic nitrogens is 2. The second-order valence-corrected chi connectivity index (χ2v) is 13.0. The molecule has 0 saturated carbocycles. The largest absolute Gasteiger partial charge is 0.489 e. The van der Waals surface area contributed by atoms with Crippen molar-refractivity contribution < 1.29 is 31.5 Å². The number of nitriles is 1. The van der Waals surface area contributed by atoms with Gasteiger partial charge in [0.2, 0.25) is 0 Å². The summed E-state index contributed by atoms with van der Waals surface area (Å²) < 4.78 is 62.8. The Hall–Kier alpha value is -4.80. The van der Waals surface area contributed by atoms with Gasteiger partial charge in [0.1, 0.15) is 11.9 Å². The van der Waals surface area contributed by atoms with Gasteiger partial charge in [0.05, 0.1) is 54.1 Å². The molecule has 1 aliphatic rings. The molecule has 0 spiro atoms.